The van der Waals surface area contributed by atoms with E-state index in [2.05, 4.69) is 57.8 Å². The van der Waals surface area contributed by atoms with Gasteiger partial charge >= 0.3 is 0 Å². The molecule has 0 aliphatic rings. The second-order valence-electron chi connectivity index (χ2n) is 7.20. The van der Waals surface area contributed by atoms with E-state index in [4.69, 9.17) is 0 Å². The van der Waals surface area contributed by atoms with Crippen LogP contribution in [0.4, 0.5) is 17.2 Å². The predicted molar refractivity (Wildman–Crippen MR) is 125 cm³/mol. The number of nitro benzene ring substituents is 1. The summed E-state index contributed by atoms with van der Waals surface area (Å²) in [5.41, 5.74) is 4.68. The van der Waals surface area contributed by atoms with Crippen LogP contribution in [0.25, 0.3) is 34.1 Å². The summed E-state index contributed by atoms with van der Waals surface area (Å²) < 4.78 is 0. The van der Waals surface area contributed by atoms with E-state index in [9.17, 15) is 10.1 Å². The van der Waals surface area contributed by atoms with Gasteiger partial charge in [0.2, 0.25) is 0 Å². The Bertz CT molecular complexity index is 1440. The van der Waals surface area contributed by atoms with Crippen LogP contribution in [0.3, 0.4) is 0 Å². The van der Waals surface area contributed by atoms with Gasteiger partial charge in [0.05, 0.1) is 4.92 Å². The van der Waals surface area contributed by atoms with Crippen molar-refractivity contribution < 1.29 is 4.92 Å². The molecule has 0 atom stereocenters. The van der Waals surface area contributed by atoms with Crippen molar-refractivity contribution in [1.29, 1.82) is 0 Å². The van der Waals surface area contributed by atoms with Gasteiger partial charge in [-0.3, -0.25) is 10.1 Å². The highest BCUT2D eigenvalue weighted by atomic mass is 16.6. The number of pyridine rings is 1. The number of non-ortho nitro benzene ring substituents is 1. The van der Waals surface area contributed by atoms with Gasteiger partial charge in [-0.2, -0.15) is 0 Å². The number of benzene rings is 3. The monoisotopic (exact) mass is 406 g/mol. The third-order valence-corrected chi connectivity index (χ3v) is 5.08. The lowest BCUT2D eigenvalue weighted by Gasteiger charge is -2.05. The lowest BCUT2D eigenvalue weighted by Crippen LogP contribution is -1.95. The zero-order valence-electron chi connectivity index (χ0n) is 16.4. The Balaban J connectivity index is 1.46. The van der Waals surface area contributed by atoms with E-state index in [0.717, 1.165) is 33.1 Å². The summed E-state index contributed by atoms with van der Waals surface area (Å²) in [5.74, 6) is 0.615. The standard InChI is InChI=1S/C25H18N4O2/c30-29(31)20-8-4-7-19(16-20)26-24-14-12-21-22-15-18(10-9-17-5-2-1-3-6-17)11-13-23(22)27-25(21)28-24/h1-16H,(H2,26,27,28). The summed E-state index contributed by atoms with van der Waals surface area (Å²) in [6, 6.07) is 26.7. The minimum absolute atomic E-state index is 0.0350. The van der Waals surface area contributed by atoms with Gasteiger partial charge in [-0.1, -0.05) is 54.6 Å². The number of nitro groups is 1. The van der Waals surface area contributed by atoms with Gasteiger partial charge in [-0.25, -0.2) is 4.98 Å². The molecule has 0 unspecified atom stereocenters. The molecule has 3 aromatic carbocycles. The summed E-state index contributed by atoms with van der Waals surface area (Å²) in [4.78, 5) is 18.6. The van der Waals surface area contributed by atoms with Crippen LogP contribution in [-0.2, 0) is 0 Å². The molecule has 2 heterocycles. The zero-order valence-corrected chi connectivity index (χ0v) is 16.4. The van der Waals surface area contributed by atoms with Gasteiger partial charge in [0.25, 0.3) is 5.69 Å². The minimum Gasteiger partial charge on any atom is -0.340 e. The highest BCUT2D eigenvalue weighted by molar-refractivity contribution is 6.07. The maximum absolute atomic E-state index is 11.0. The first-order valence-corrected chi connectivity index (χ1v) is 9.83. The lowest BCUT2D eigenvalue weighted by atomic mass is 10.1. The summed E-state index contributed by atoms with van der Waals surface area (Å²) >= 11 is 0. The molecule has 0 saturated heterocycles. The Morgan fingerprint density at radius 3 is 2.52 bits per heavy atom. The van der Waals surface area contributed by atoms with Crippen molar-refractivity contribution in [3.63, 3.8) is 0 Å². The zero-order chi connectivity index (χ0) is 21.2. The number of nitrogens with zero attached hydrogens (tertiary/aromatic N) is 2. The molecule has 0 fully saturated rings. The van der Waals surface area contributed by atoms with Crippen molar-refractivity contribution in [2.24, 2.45) is 0 Å². The second-order valence-corrected chi connectivity index (χ2v) is 7.20. The van der Waals surface area contributed by atoms with Crippen molar-refractivity contribution in [1.82, 2.24) is 9.97 Å². The van der Waals surface area contributed by atoms with Gasteiger partial charge in [0.15, 0.2) is 0 Å². The molecule has 0 bridgehead atoms. The fourth-order valence-corrected chi connectivity index (χ4v) is 3.57. The van der Waals surface area contributed by atoms with Gasteiger partial charge in [-0.05, 0) is 41.5 Å². The molecular formula is C25H18N4O2. The van der Waals surface area contributed by atoms with Crippen molar-refractivity contribution in [3.05, 3.63) is 106 Å². The van der Waals surface area contributed by atoms with E-state index in [1.54, 1.807) is 12.1 Å². The highest BCUT2D eigenvalue weighted by Crippen LogP contribution is 2.28. The van der Waals surface area contributed by atoms with E-state index >= 15 is 0 Å². The first kappa shape index (κ1) is 18.6. The van der Waals surface area contributed by atoms with Crippen molar-refractivity contribution in [3.8, 4) is 0 Å². The number of rotatable bonds is 5. The number of nitrogens with one attached hydrogen (secondary N) is 2. The number of aromatic amines is 1. The van der Waals surface area contributed by atoms with Gasteiger partial charge in [0, 0.05) is 34.1 Å². The molecule has 2 aromatic heterocycles. The topological polar surface area (TPSA) is 83.8 Å². The fourth-order valence-electron chi connectivity index (χ4n) is 3.57. The van der Waals surface area contributed by atoms with Crippen LogP contribution in [0, 0.1) is 10.1 Å². The lowest BCUT2D eigenvalue weighted by molar-refractivity contribution is -0.384. The Labute approximate surface area is 178 Å². The summed E-state index contributed by atoms with van der Waals surface area (Å²) in [6.07, 6.45) is 4.19. The molecular weight excluding hydrogens is 388 g/mol. The van der Waals surface area contributed by atoms with Crippen LogP contribution in [0.1, 0.15) is 11.1 Å². The summed E-state index contributed by atoms with van der Waals surface area (Å²) in [5, 5.41) is 16.2. The Morgan fingerprint density at radius 1 is 0.839 bits per heavy atom. The van der Waals surface area contributed by atoms with Crippen molar-refractivity contribution >= 4 is 51.3 Å². The number of H-pyrrole nitrogens is 1. The SMILES string of the molecule is O=[N+]([O-])c1cccc(Nc2ccc3c(n2)[nH]c2ccc(C=Cc4ccccc4)cc23)c1. The molecule has 31 heavy (non-hydrogen) atoms. The molecule has 150 valence electrons. The average molecular weight is 406 g/mol. The number of hydrogen-bond donors (Lipinski definition) is 2. The Hall–Kier alpha value is -4.45. The second kappa shape index (κ2) is 7.76. The van der Waals surface area contributed by atoms with Crippen LogP contribution in [0.2, 0.25) is 0 Å². The normalized spacial score (nSPS) is 11.4. The van der Waals surface area contributed by atoms with E-state index in [0.29, 0.717) is 11.5 Å². The van der Waals surface area contributed by atoms with E-state index in [-0.39, 0.29) is 5.69 Å². The first-order valence-electron chi connectivity index (χ1n) is 9.83. The minimum atomic E-state index is -0.413. The van der Waals surface area contributed by atoms with Gasteiger partial charge < -0.3 is 10.3 Å². The van der Waals surface area contributed by atoms with E-state index in [1.165, 1.54) is 12.1 Å². The highest BCUT2D eigenvalue weighted by Gasteiger charge is 2.09. The Kier molecular flexibility index (Phi) is 4.65. The van der Waals surface area contributed by atoms with E-state index < -0.39 is 4.92 Å². The van der Waals surface area contributed by atoms with E-state index in [1.807, 2.05) is 30.3 Å². The molecule has 0 aliphatic carbocycles. The fraction of sp³-hybridized carbons (Fsp3) is 0. The maximum Gasteiger partial charge on any atom is 0.271 e. The summed E-state index contributed by atoms with van der Waals surface area (Å²) in [7, 11) is 0. The molecule has 0 spiro atoms. The van der Waals surface area contributed by atoms with Crippen LogP contribution >= 0.6 is 0 Å². The first-order chi connectivity index (χ1) is 15.2. The average Bonchev–Trinajstić information content (AvgIpc) is 3.15. The molecule has 0 saturated carbocycles. The maximum atomic E-state index is 11.0. The number of fused-ring (bicyclic) bond motifs is 3. The number of hydrogen-bond acceptors (Lipinski definition) is 4. The molecule has 0 aliphatic heterocycles. The van der Waals surface area contributed by atoms with Crippen LogP contribution in [-0.4, -0.2) is 14.9 Å². The molecule has 6 heteroatoms. The van der Waals surface area contributed by atoms with Gasteiger partial charge in [0.1, 0.15) is 11.5 Å². The Morgan fingerprint density at radius 2 is 1.68 bits per heavy atom. The van der Waals surface area contributed by atoms with Crippen molar-refractivity contribution in [2.75, 3.05) is 5.32 Å². The molecule has 6 nitrogen and oxygen atoms in total. The number of aromatic nitrogens is 2. The molecule has 5 rings (SSSR count). The van der Waals surface area contributed by atoms with Gasteiger partial charge in [-0.15, -0.1) is 0 Å². The van der Waals surface area contributed by atoms with Crippen molar-refractivity contribution in [2.45, 2.75) is 0 Å². The quantitative estimate of drug-likeness (QED) is 0.197. The molecule has 5 aromatic rings. The van der Waals surface area contributed by atoms with Crippen LogP contribution in [0.15, 0.2) is 84.9 Å². The molecule has 0 radical (unpaired) electrons. The summed E-state index contributed by atoms with van der Waals surface area (Å²) in [6.45, 7) is 0. The van der Waals surface area contributed by atoms with Crippen LogP contribution < -0.4 is 5.32 Å². The predicted octanol–water partition coefficient (Wildman–Crippen LogP) is 6.54. The molecule has 2 N–H and O–H groups in total. The molecule has 0 amide bonds. The van der Waals surface area contributed by atoms with Crippen LogP contribution in [0.5, 0.6) is 0 Å². The number of anilines is 2. The third kappa shape index (κ3) is 3.86. The third-order valence-electron chi connectivity index (χ3n) is 5.08. The largest absolute Gasteiger partial charge is 0.340 e. The smallest absolute Gasteiger partial charge is 0.271 e.